The van der Waals surface area contributed by atoms with E-state index in [4.69, 9.17) is 23.2 Å². The van der Waals surface area contributed by atoms with Crippen LogP contribution in [-0.2, 0) is 11.5 Å². The van der Waals surface area contributed by atoms with E-state index in [0.29, 0.717) is 34.9 Å². The first-order chi connectivity index (χ1) is 14.3. The summed E-state index contributed by atoms with van der Waals surface area (Å²) in [4.78, 5) is 28.4. The van der Waals surface area contributed by atoms with Crippen LogP contribution >= 0.6 is 12.2 Å². The lowest BCUT2D eigenvalue weighted by molar-refractivity contribution is -0.123. The van der Waals surface area contributed by atoms with Gasteiger partial charge in [-0.05, 0) is 85.9 Å². The molecule has 0 unspecified atom stereocenters. The van der Waals surface area contributed by atoms with Crippen LogP contribution in [-0.4, -0.2) is 22.5 Å². The molecular weight excluding hydrogens is 403 g/mol. The molecule has 1 spiro atoms. The number of hydrogen-bond acceptors (Lipinski definition) is 4. The van der Waals surface area contributed by atoms with Gasteiger partial charge >= 0.3 is 0 Å². The molecule has 152 valence electrons. The maximum absolute atomic E-state index is 13.6. The summed E-state index contributed by atoms with van der Waals surface area (Å²) in [5.74, 6) is -0.838. The number of thiocarbonyl (C=S) groups is 1. The van der Waals surface area contributed by atoms with Gasteiger partial charge in [-0.25, -0.2) is 4.39 Å². The number of rotatable bonds is 4. The van der Waals surface area contributed by atoms with Crippen molar-refractivity contribution >= 4 is 40.5 Å². The number of aryl methyl sites for hydroxylation is 1. The molecule has 0 atom stereocenters. The highest BCUT2D eigenvalue weighted by atomic mass is 32.1. The van der Waals surface area contributed by atoms with E-state index < -0.39 is 18.1 Å². The number of anilines is 2. The van der Waals surface area contributed by atoms with E-state index in [1.165, 1.54) is 17.0 Å². The molecule has 0 radical (unpaired) electrons. The number of carbonyl (C=O) groups is 2. The number of amides is 2. The Kier molecular flexibility index (Phi) is 4.79. The standard InChI is InChI=1S/C22H19FN4O2S/c1-13-9-14(12-24)3-6-18(13)26-20(29)22(7-2-8-22)27(21(26)30)16-4-5-17(19(25)28)15(10-16)11-23/h3-6,9-10H,2,7-8,11H2,1H3,(H2,25,28). The zero-order valence-electron chi connectivity index (χ0n) is 16.3. The number of alkyl halides is 1. The maximum Gasteiger partial charge on any atom is 0.259 e. The quantitative estimate of drug-likeness (QED) is 0.762. The third-order valence-electron chi connectivity index (χ3n) is 5.92. The van der Waals surface area contributed by atoms with Gasteiger partial charge in [-0.1, -0.05) is 0 Å². The van der Waals surface area contributed by atoms with Gasteiger partial charge in [-0.3, -0.25) is 14.5 Å². The molecule has 6 nitrogen and oxygen atoms in total. The van der Waals surface area contributed by atoms with E-state index in [2.05, 4.69) is 6.07 Å². The Bertz CT molecular complexity index is 1140. The molecule has 1 heterocycles. The Morgan fingerprint density at radius 3 is 2.57 bits per heavy atom. The lowest BCUT2D eigenvalue weighted by atomic mass is 9.75. The SMILES string of the molecule is Cc1cc(C#N)ccc1N1C(=O)C2(CCC2)N(c2ccc(C(N)=O)c(CF)c2)C1=S. The van der Waals surface area contributed by atoms with Crippen molar-refractivity contribution in [3.05, 3.63) is 58.7 Å². The first kappa shape index (κ1) is 20.0. The van der Waals surface area contributed by atoms with Gasteiger partial charge in [0.05, 0.1) is 17.3 Å². The second-order valence-corrected chi connectivity index (χ2v) is 7.96. The number of nitrogens with zero attached hydrogens (tertiary/aromatic N) is 3. The highest BCUT2D eigenvalue weighted by Crippen LogP contribution is 2.48. The van der Waals surface area contributed by atoms with E-state index in [1.807, 2.05) is 6.92 Å². The summed E-state index contributed by atoms with van der Waals surface area (Å²) in [7, 11) is 0. The van der Waals surface area contributed by atoms with E-state index >= 15 is 0 Å². The Balaban J connectivity index is 1.82. The Morgan fingerprint density at radius 2 is 2.03 bits per heavy atom. The highest BCUT2D eigenvalue weighted by molar-refractivity contribution is 7.81. The van der Waals surface area contributed by atoms with E-state index in [0.717, 1.165) is 12.0 Å². The van der Waals surface area contributed by atoms with Gasteiger partial charge in [0.15, 0.2) is 5.11 Å². The number of carbonyl (C=O) groups excluding carboxylic acids is 2. The first-order valence-corrected chi connectivity index (χ1v) is 9.93. The third-order valence-corrected chi connectivity index (χ3v) is 6.28. The van der Waals surface area contributed by atoms with Gasteiger partial charge in [0.2, 0.25) is 5.91 Å². The van der Waals surface area contributed by atoms with Crippen molar-refractivity contribution in [2.75, 3.05) is 9.80 Å². The smallest absolute Gasteiger partial charge is 0.259 e. The minimum absolute atomic E-state index is 0.111. The fraction of sp³-hybridized carbons (Fsp3) is 0.273. The van der Waals surface area contributed by atoms with Crippen LogP contribution in [0.1, 0.15) is 46.3 Å². The molecule has 1 aliphatic heterocycles. The molecule has 2 fully saturated rings. The number of nitrogens with two attached hydrogens (primary N) is 1. The molecule has 0 aromatic heterocycles. The summed E-state index contributed by atoms with van der Waals surface area (Å²) in [5.41, 5.74) is 7.23. The molecule has 4 rings (SSSR count). The number of hydrogen-bond donors (Lipinski definition) is 1. The minimum Gasteiger partial charge on any atom is -0.366 e. The van der Waals surface area contributed by atoms with Crippen molar-refractivity contribution in [2.24, 2.45) is 5.73 Å². The molecule has 0 bridgehead atoms. The number of primary amides is 1. The second-order valence-electron chi connectivity index (χ2n) is 7.60. The van der Waals surface area contributed by atoms with Crippen LogP contribution in [0.15, 0.2) is 36.4 Å². The van der Waals surface area contributed by atoms with Gasteiger partial charge in [-0.2, -0.15) is 5.26 Å². The fourth-order valence-electron chi connectivity index (χ4n) is 4.24. The molecule has 8 heteroatoms. The molecule has 1 saturated carbocycles. The summed E-state index contributed by atoms with van der Waals surface area (Å²) < 4.78 is 13.6. The number of benzene rings is 2. The van der Waals surface area contributed by atoms with Crippen molar-refractivity contribution in [3.63, 3.8) is 0 Å². The molecule has 1 aliphatic carbocycles. The van der Waals surface area contributed by atoms with E-state index in [9.17, 15) is 14.0 Å². The van der Waals surface area contributed by atoms with Crippen LogP contribution in [0.25, 0.3) is 0 Å². The molecule has 1 saturated heterocycles. The fourth-order valence-corrected chi connectivity index (χ4v) is 4.70. The predicted octanol–water partition coefficient (Wildman–Crippen LogP) is 3.50. The number of nitriles is 1. The zero-order chi connectivity index (χ0) is 21.6. The zero-order valence-corrected chi connectivity index (χ0v) is 17.1. The van der Waals surface area contributed by atoms with E-state index in [1.54, 1.807) is 29.2 Å². The molecule has 2 amide bonds. The topological polar surface area (TPSA) is 90.4 Å². The summed E-state index contributed by atoms with van der Waals surface area (Å²) in [6.07, 6.45) is 2.13. The van der Waals surface area contributed by atoms with Crippen molar-refractivity contribution < 1.29 is 14.0 Å². The summed E-state index contributed by atoms with van der Waals surface area (Å²) >= 11 is 5.72. The second kappa shape index (κ2) is 7.18. The third kappa shape index (κ3) is 2.77. The predicted molar refractivity (Wildman–Crippen MR) is 115 cm³/mol. The van der Waals surface area contributed by atoms with Gasteiger partial charge in [0.25, 0.3) is 5.91 Å². The summed E-state index contributed by atoms with van der Waals surface area (Å²) in [5, 5.41) is 9.42. The Morgan fingerprint density at radius 1 is 1.30 bits per heavy atom. The Labute approximate surface area is 178 Å². The molecular formula is C22H19FN4O2S. The van der Waals surface area contributed by atoms with Gasteiger partial charge < -0.3 is 10.6 Å². The molecule has 2 N–H and O–H groups in total. The van der Waals surface area contributed by atoms with Crippen LogP contribution in [0.3, 0.4) is 0 Å². The van der Waals surface area contributed by atoms with Crippen LogP contribution in [0.4, 0.5) is 15.8 Å². The van der Waals surface area contributed by atoms with Gasteiger partial charge in [0, 0.05) is 11.3 Å². The van der Waals surface area contributed by atoms with Crippen molar-refractivity contribution in [1.29, 1.82) is 5.26 Å². The van der Waals surface area contributed by atoms with Crippen molar-refractivity contribution in [1.82, 2.24) is 0 Å². The molecule has 2 aromatic carbocycles. The largest absolute Gasteiger partial charge is 0.366 e. The lowest BCUT2D eigenvalue weighted by Gasteiger charge is -2.43. The summed E-state index contributed by atoms with van der Waals surface area (Å²) in [6.45, 7) is 0.969. The van der Waals surface area contributed by atoms with Crippen LogP contribution in [0.5, 0.6) is 0 Å². The summed E-state index contributed by atoms with van der Waals surface area (Å²) in [6, 6.07) is 11.8. The van der Waals surface area contributed by atoms with Gasteiger partial charge in [0.1, 0.15) is 12.2 Å². The number of halogens is 1. The molecule has 2 aliphatic rings. The van der Waals surface area contributed by atoms with Gasteiger partial charge in [-0.15, -0.1) is 0 Å². The molecule has 2 aromatic rings. The average molecular weight is 422 g/mol. The molecule has 30 heavy (non-hydrogen) atoms. The monoisotopic (exact) mass is 422 g/mol. The Hall–Kier alpha value is -3.31. The minimum atomic E-state index is -0.855. The average Bonchev–Trinajstić information content (AvgIpc) is 2.94. The van der Waals surface area contributed by atoms with Crippen LogP contribution in [0, 0.1) is 18.3 Å². The first-order valence-electron chi connectivity index (χ1n) is 9.52. The van der Waals surface area contributed by atoms with Crippen molar-refractivity contribution in [3.8, 4) is 6.07 Å². The van der Waals surface area contributed by atoms with Crippen LogP contribution in [0.2, 0.25) is 0 Å². The maximum atomic E-state index is 13.6. The van der Waals surface area contributed by atoms with E-state index in [-0.39, 0.29) is 17.0 Å². The van der Waals surface area contributed by atoms with Crippen molar-refractivity contribution in [2.45, 2.75) is 38.4 Å². The lowest BCUT2D eigenvalue weighted by Crippen LogP contribution is -2.55. The normalized spacial score (nSPS) is 17.2. The highest BCUT2D eigenvalue weighted by Gasteiger charge is 2.59. The van der Waals surface area contributed by atoms with Crippen LogP contribution < -0.4 is 15.5 Å².